The molecule has 0 bridgehead atoms. The predicted octanol–water partition coefficient (Wildman–Crippen LogP) is 3.77. The van der Waals surface area contributed by atoms with Gasteiger partial charge in [0.1, 0.15) is 0 Å². The first-order valence-corrected chi connectivity index (χ1v) is 11.8. The second kappa shape index (κ2) is 9.39. The number of aromatic nitrogens is 4. The number of aryl methyl sites for hydroxylation is 1. The predicted molar refractivity (Wildman–Crippen MR) is 133 cm³/mol. The largest absolute Gasteiger partial charge is 0.478 e. The standard InChI is InChI=1S/C26H30FN5O3/c1-30(2)10-5-11-35-23-9-7-19(25(27)29-23)16-6-8-21-20(12-16)24-22(15-28-21)31(3)26(33)32(24)17-13-18(14-17)34-4/h6-9,12,15,17-18H,5,10-11,13-14H2,1-4H3. The molecule has 35 heavy (non-hydrogen) atoms. The Labute approximate surface area is 202 Å². The topological polar surface area (TPSA) is 74.4 Å². The Kier molecular flexibility index (Phi) is 6.29. The number of pyridine rings is 2. The van der Waals surface area contributed by atoms with Crippen molar-refractivity contribution in [1.82, 2.24) is 24.0 Å². The molecule has 184 valence electrons. The molecule has 1 aliphatic rings. The zero-order valence-electron chi connectivity index (χ0n) is 20.5. The van der Waals surface area contributed by atoms with Crippen LogP contribution < -0.4 is 10.4 Å². The first-order chi connectivity index (χ1) is 16.9. The lowest BCUT2D eigenvalue weighted by atomic mass is 9.89. The summed E-state index contributed by atoms with van der Waals surface area (Å²) in [5.74, 6) is -0.327. The molecule has 0 radical (unpaired) electrons. The van der Waals surface area contributed by atoms with Crippen LogP contribution in [-0.2, 0) is 11.8 Å². The van der Waals surface area contributed by atoms with Gasteiger partial charge in [0.15, 0.2) is 0 Å². The molecule has 0 atom stereocenters. The lowest BCUT2D eigenvalue weighted by Crippen LogP contribution is -2.37. The summed E-state index contributed by atoms with van der Waals surface area (Å²) in [6.45, 7) is 1.36. The Morgan fingerprint density at radius 2 is 2.00 bits per heavy atom. The quantitative estimate of drug-likeness (QED) is 0.283. The molecule has 1 saturated carbocycles. The zero-order chi connectivity index (χ0) is 24.7. The average molecular weight is 480 g/mol. The fourth-order valence-electron chi connectivity index (χ4n) is 4.75. The summed E-state index contributed by atoms with van der Waals surface area (Å²) in [5.41, 5.74) is 3.28. The number of halogens is 1. The smallest absolute Gasteiger partial charge is 0.329 e. The van der Waals surface area contributed by atoms with E-state index in [-0.39, 0.29) is 23.7 Å². The van der Waals surface area contributed by atoms with Gasteiger partial charge in [0, 0.05) is 43.8 Å². The molecule has 3 heterocycles. The molecule has 8 nitrogen and oxygen atoms in total. The second-order valence-corrected chi connectivity index (χ2v) is 9.41. The minimum Gasteiger partial charge on any atom is -0.478 e. The Hall–Kier alpha value is -3.30. The molecule has 9 heteroatoms. The molecule has 0 N–H and O–H groups in total. The Morgan fingerprint density at radius 3 is 2.71 bits per heavy atom. The van der Waals surface area contributed by atoms with Crippen LogP contribution in [0.2, 0.25) is 0 Å². The van der Waals surface area contributed by atoms with Gasteiger partial charge in [0.2, 0.25) is 11.8 Å². The first-order valence-electron chi connectivity index (χ1n) is 11.8. The van der Waals surface area contributed by atoms with Crippen LogP contribution in [0.1, 0.15) is 25.3 Å². The molecule has 0 unspecified atom stereocenters. The second-order valence-electron chi connectivity index (χ2n) is 9.41. The van der Waals surface area contributed by atoms with E-state index in [9.17, 15) is 4.79 Å². The number of methoxy groups -OCH3 is 1. The van der Waals surface area contributed by atoms with Crippen LogP contribution in [0.3, 0.4) is 0 Å². The van der Waals surface area contributed by atoms with Crippen molar-refractivity contribution in [2.75, 3.05) is 34.4 Å². The number of ether oxygens (including phenoxy) is 2. The molecule has 4 aromatic rings. The number of hydrogen-bond acceptors (Lipinski definition) is 6. The summed E-state index contributed by atoms with van der Waals surface area (Å²) >= 11 is 0. The summed E-state index contributed by atoms with van der Waals surface area (Å²) in [6, 6.07) is 9.02. The van der Waals surface area contributed by atoms with Crippen LogP contribution in [0.4, 0.5) is 4.39 Å². The third kappa shape index (κ3) is 4.30. The SMILES string of the molecule is COC1CC(n2c(=O)n(C)c3cnc4ccc(-c5ccc(OCCCN(C)C)nc5F)cc4c32)C1. The summed E-state index contributed by atoms with van der Waals surface area (Å²) in [4.78, 5) is 23.8. The van der Waals surface area contributed by atoms with Crippen molar-refractivity contribution in [1.29, 1.82) is 0 Å². The monoisotopic (exact) mass is 479 g/mol. The normalized spacial score (nSPS) is 17.9. The fourth-order valence-corrected chi connectivity index (χ4v) is 4.75. The van der Waals surface area contributed by atoms with Gasteiger partial charge in [-0.15, -0.1) is 0 Å². The van der Waals surface area contributed by atoms with E-state index in [4.69, 9.17) is 9.47 Å². The van der Waals surface area contributed by atoms with Crippen molar-refractivity contribution in [3.63, 3.8) is 0 Å². The maximum Gasteiger partial charge on any atom is 0.329 e. The van der Waals surface area contributed by atoms with Gasteiger partial charge in [0.25, 0.3) is 0 Å². The van der Waals surface area contributed by atoms with E-state index in [1.54, 1.807) is 37.1 Å². The van der Waals surface area contributed by atoms with Gasteiger partial charge >= 0.3 is 5.69 Å². The number of benzene rings is 1. The van der Waals surface area contributed by atoms with Crippen LogP contribution in [0.25, 0.3) is 33.1 Å². The highest BCUT2D eigenvalue weighted by Crippen LogP contribution is 2.37. The zero-order valence-corrected chi connectivity index (χ0v) is 20.5. The lowest BCUT2D eigenvalue weighted by molar-refractivity contribution is 0.00635. The van der Waals surface area contributed by atoms with Crippen LogP contribution in [0.5, 0.6) is 5.88 Å². The van der Waals surface area contributed by atoms with Gasteiger partial charge in [-0.25, -0.2) is 4.79 Å². The van der Waals surface area contributed by atoms with Gasteiger partial charge in [-0.05, 0) is 57.1 Å². The maximum atomic E-state index is 15.0. The molecule has 0 aliphatic heterocycles. The third-order valence-corrected chi connectivity index (χ3v) is 6.82. The molecule has 1 fully saturated rings. The molecule has 5 rings (SSSR count). The first kappa shape index (κ1) is 23.4. The highest BCUT2D eigenvalue weighted by atomic mass is 19.1. The van der Waals surface area contributed by atoms with Gasteiger partial charge in [0.05, 0.1) is 35.5 Å². The Bertz CT molecular complexity index is 1440. The minimum atomic E-state index is -0.595. The number of fused-ring (bicyclic) bond motifs is 3. The van der Waals surface area contributed by atoms with Crippen molar-refractivity contribution in [3.8, 4) is 17.0 Å². The van der Waals surface area contributed by atoms with E-state index >= 15 is 4.39 Å². The Balaban J connectivity index is 1.52. The van der Waals surface area contributed by atoms with Gasteiger partial charge in [-0.3, -0.25) is 14.1 Å². The number of hydrogen-bond donors (Lipinski definition) is 0. The molecule has 1 aliphatic carbocycles. The van der Waals surface area contributed by atoms with Crippen LogP contribution in [0.15, 0.2) is 41.3 Å². The van der Waals surface area contributed by atoms with Crippen molar-refractivity contribution >= 4 is 21.9 Å². The summed E-state index contributed by atoms with van der Waals surface area (Å²) in [5, 5.41) is 0.807. The van der Waals surface area contributed by atoms with Crippen LogP contribution in [-0.4, -0.2) is 64.5 Å². The lowest BCUT2D eigenvalue weighted by Gasteiger charge is -2.34. The van der Waals surface area contributed by atoms with E-state index in [1.165, 1.54) is 0 Å². The highest BCUT2D eigenvalue weighted by Gasteiger charge is 2.33. The maximum absolute atomic E-state index is 15.0. The van der Waals surface area contributed by atoms with E-state index in [1.807, 2.05) is 36.9 Å². The molecule has 1 aromatic carbocycles. The van der Waals surface area contributed by atoms with E-state index in [0.29, 0.717) is 17.7 Å². The van der Waals surface area contributed by atoms with E-state index < -0.39 is 5.95 Å². The van der Waals surface area contributed by atoms with Crippen LogP contribution in [0, 0.1) is 5.95 Å². The molecule has 3 aromatic heterocycles. The van der Waals surface area contributed by atoms with Gasteiger partial charge in [-0.2, -0.15) is 9.37 Å². The number of imidazole rings is 1. The fraction of sp³-hybridized carbons (Fsp3) is 0.423. The van der Waals surface area contributed by atoms with E-state index in [0.717, 1.165) is 47.7 Å². The molecule has 0 spiro atoms. The Morgan fingerprint density at radius 1 is 1.20 bits per heavy atom. The van der Waals surface area contributed by atoms with Crippen molar-refractivity contribution in [3.05, 3.63) is 53.0 Å². The molecule has 0 amide bonds. The highest BCUT2D eigenvalue weighted by molar-refractivity contribution is 6.04. The molecular formula is C26H30FN5O3. The van der Waals surface area contributed by atoms with Crippen molar-refractivity contribution in [2.45, 2.75) is 31.4 Å². The summed E-state index contributed by atoms with van der Waals surface area (Å²) in [7, 11) is 7.45. The van der Waals surface area contributed by atoms with Crippen molar-refractivity contribution < 1.29 is 13.9 Å². The number of nitrogens with zero attached hydrogens (tertiary/aromatic N) is 5. The minimum absolute atomic E-state index is 0.0627. The number of rotatable bonds is 8. The van der Waals surface area contributed by atoms with Crippen molar-refractivity contribution in [2.24, 2.45) is 7.05 Å². The average Bonchev–Trinajstić information content (AvgIpc) is 3.06. The van der Waals surface area contributed by atoms with Crippen LogP contribution >= 0.6 is 0 Å². The van der Waals surface area contributed by atoms with E-state index in [2.05, 4.69) is 14.9 Å². The van der Waals surface area contributed by atoms with Gasteiger partial charge in [-0.1, -0.05) is 6.07 Å². The molecule has 0 saturated heterocycles. The third-order valence-electron chi connectivity index (χ3n) is 6.82. The molecular weight excluding hydrogens is 449 g/mol. The summed E-state index contributed by atoms with van der Waals surface area (Å²) < 4.78 is 29.5. The van der Waals surface area contributed by atoms with Gasteiger partial charge < -0.3 is 14.4 Å². The summed E-state index contributed by atoms with van der Waals surface area (Å²) in [6.07, 6.45) is 4.29.